The van der Waals surface area contributed by atoms with E-state index in [1.807, 2.05) is 0 Å². The third-order valence-corrected chi connectivity index (χ3v) is 5.86. The molecule has 9 nitrogen and oxygen atoms in total. The molecule has 0 unspecified atom stereocenters. The van der Waals surface area contributed by atoms with Crippen molar-refractivity contribution < 1.29 is 22.8 Å². The minimum atomic E-state index is -4.71. The van der Waals surface area contributed by atoms with Crippen molar-refractivity contribution in [3.05, 3.63) is 69.9 Å². The van der Waals surface area contributed by atoms with Gasteiger partial charge in [-0.15, -0.1) is 0 Å². The quantitative estimate of drug-likeness (QED) is 0.168. The lowest BCUT2D eigenvalue weighted by Crippen LogP contribution is -2.25. The summed E-state index contributed by atoms with van der Waals surface area (Å²) in [6, 6.07) is 4.77. The molecule has 6 N–H and O–H groups in total. The number of alkyl halides is 3. The lowest BCUT2D eigenvalue weighted by molar-refractivity contribution is -0.140. The van der Waals surface area contributed by atoms with E-state index in [2.05, 4.69) is 37.4 Å². The summed E-state index contributed by atoms with van der Waals surface area (Å²) in [5.41, 5.74) is 5.88. The Bertz CT molecular complexity index is 1300. The maximum atomic E-state index is 13.5. The molecule has 38 heavy (non-hydrogen) atoms. The van der Waals surface area contributed by atoms with Crippen LogP contribution < -0.4 is 16.4 Å². The maximum absolute atomic E-state index is 13.5. The molecule has 0 spiro atoms. The lowest BCUT2D eigenvalue weighted by Gasteiger charge is -2.09. The first-order chi connectivity index (χ1) is 18.0. The second kappa shape index (κ2) is 12.7. The highest BCUT2D eigenvalue weighted by molar-refractivity contribution is 6.33. The summed E-state index contributed by atoms with van der Waals surface area (Å²) in [5, 5.41) is 11.5. The zero-order chi connectivity index (χ0) is 27.9. The van der Waals surface area contributed by atoms with Crippen molar-refractivity contribution in [1.29, 1.82) is 0 Å². The van der Waals surface area contributed by atoms with E-state index in [1.54, 1.807) is 25.1 Å². The van der Waals surface area contributed by atoms with E-state index in [9.17, 15) is 22.8 Å². The zero-order valence-corrected chi connectivity index (χ0v) is 21.5. The number of hydrogen-bond donors (Lipinski definition) is 5. The van der Waals surface area contributed by atoms with Gasteiger partial charge in [0.2, 0.25) is 0 Å². The first-order valence-corrected chi connectivity index (χ1v) is 12.3. The molecule has 2 amide bonds. The molecule has 204 valence electrons. The van der Waals surface area contributed by atoms with Gasteiger partial charge in [0.05, 0.1) is 28.0 Å². The predicted molar refractivity (Wildman–Crippen MR) is 138 cm³/mol. The number of carbonyl (C=O) groups excluding carboxylic acids is 2. The number of imidazole rings is 1. The Balaban J connectivity index is 1.66. The number of hydrogen-bond acceptors (Lipinski definition) is 5. The summed E-state index contributed by atoms with van der Waals surface area (Å²) < 4.78 is 40.6. The molecule has 0 atom stereocenters. The van der Waals surface area contributed by atoms with Crippen molar-refractivity contribution in [3.8, 4) is 11.3 Å². The van der Waals surface area contributed by atoms with Crippen LogP contribution in [0.2, 0.25) is 5.02 Å². The van der Waals surface area contributed by atoms with E-state index in [4.69, 9.17) is 17.3 Å². The van der Waals surface area contributed by atoms with E-state index < -0.39 is 17.8 Å². The largest absolute Gasteiger partial charge is 0.435 e. The predicted octanol–water partition coefficient (Wildman–Crippen LogP) is 4.38. The Morgan fingerprint density at radius 1 is 1.16 bits per heavy atom. The van der Waals surface area contributed by atoms with Crippen LogP contribution in [0, 0.1) is 0 Å². The number of carbonyl (C=O) groups is 2. The van der Waals surface area contributed by atoms with E-state index in [-0.39, 0.29) is 46.7 Å². The summed E-state index contributed by atoms with van der Waals surface area (Å²) >= 11 is 6.27. The number of allylic oxidation sites excluding steroid dienone is 1. The van der Waals surface area contributed by atoms with Crippen LogP contribution in [0.25, 0.3) is 11.3 Å². The summed E-state index contributed by atoms with van der Waals surface area (Å²) in [7, 11) is 0. The molecule has 3 rings (SSSR count). The van der Waals surface area contributed by atoms with Gasteiger partial charge in [-0.25, -0.2) is 4.98 Å². The molecule has 2 aromatic heterocycles. The third kappa shape index (κ3) is 7.45. The number of unbranched alkanes of at least 4 members (excludes halogenated alkanes) is 2. The molecule has 0 saturated heterocycles. The SMILES string of the molecule is C=C(C)Cc1[nH]nc(C(F)(F)F)c1-c1cnc(C(=O)NCc2ccc(C(=O)NCCCCCN)c(Cl)c2)[nH]1. The number of aromatic amines is 2. The molecule has 0 fully saturated rings. The number of halogens is 4. The van der Waals surface area contributed by atoms with Crippen molar-refractivity contribution in [2.45, 2.75) is 45.3 Å². The molecule has 2 heterocycles. The average Bonchev–Trinajstić information content (AvgIpc) is 3.49. The van der Waals surface area contributed by atoms with Crippen LogP contribution in [0.4, 0.5) is 13.2 Å². The van der Waals surface area contributed by atoms with Gasteiger partial charge in [-0.05, 0) is 44.0 Å². The standard InChI is InChI=1S/C25H29ClF3N7O2/c1-14(2)10-18-20(21(36-35-18)25(27,28)29)19-13-32-22(34-19)24(38)33-12-15-6-7-16(17(26)11-15)23(37)31-9-5-3-4-8-30/h6-7,11,13H,1,3-5,8-10,12,30H2,2H3,(H,31,37)(H,32,34)(H,33,38)(H,35,36). The second-order valence-electron chi connectivity index (χ2n) is 8.81. The van der Waals surface area contributed by atoms with Crippen LogP contribution in [0.15, 0.2) is 36.5 Å². The fourth-order valence-electron chi connectivity index (χ4n) is 3.73. The molecular weight excluding hydrogens is 523 g/mol. The molecule has 1 aromatic carbocycles. The summed E-state index contributed by atoms with van der Waals surface area (Å²) in [6.07, 6.45) is -0.795. The van der Waals surface area contributed by atoms with Gasteiger partial charge in [0.25, 0.3) is 11.8 Å². The number of nitrogens with one attached hydrogen (secondary N) is 4. The van der Waals surface area contributed by atoms with Crippen molar-refractivity contribution in [1.82, 2.24) is 30.8 Å². The van der Waals surface area contributed by atoms with E-state index in [0.29, 0.717) is 29.8 Å². The Hall–Kier alpha value is -3.64. The van der Waals surface area contributed by atoms with Crippen LogP contribution in [-0.2, 0) is 19.1 Å². The van der Waals surface area contributed by atoms with Crippen molar-refractivity contribution >= 4 is 23.4 Å². The number of H-pyrrole nitrogens is 2. The molecule has 13 heteroatoms. The minimum absolute atomic E-state index is 0.00564. The van der Waals surface area contributed by atoms with Crippen LogP contribution >= 0.6 is 11.6 Å². The molecule has 3 aromatic rings. The van der Waals surface area contributed by atoms with Crippen molar-refractivity contribution in [2.75, 3.05) is 13.1 Å². The first kappa shape index (κ1) is 28.9. The van der Waals surface area contributed by atoms with Gasteiger partial charge >= 0.3 is 6.18 Å². The smallest absolute Gasteiger partial charge is 0.352 e. The number of benzene rings is 1. The third-order valence-electron chi connectivity index (χ3n) is 5.55. The van der Waals surface area contributed by atoms with Crippen LogP contribution in [-0.4, -0.2) is 45.1 Å². The summed E-state index contributed by atoms with van der Waals surface area (Å²) in [4.78, 5) is 31.6. The molecule has 0 bridgehead atoms. The first-order valence-electron chi connectivity index (χ1n) is 11.9. The Kier molecular flexibility index (Phi) is 9.70. The fraction of sp³-hybridized carbons (Fsp3) is 0.360. The van der Waals surface area contributed by atoms with Gasteiger partial charge in [0, 0.05) is 25.2 Å². The van der Waals surface area contributed by atoms with Crippen LogP contribution in [0.3, 0.4) is 0 Å². The van der Waals surface area contributed by atoms with Gasteiger partial charge in [0.15, 0.2) is 11.5 Å². The molecule has 0 aliphatic carbocycles. The normalized spacial score (nSPS) is 11.4. The topological polar surface area (TPSA) is 142 Å². The number of amides is 2. The van der Waals surface area contributed by atoms with E-state index in [1.165, 1.54) is 0 Å². The second-order valence-corrected chi connectivity index (χ2v) is 9.21. The number of nitrogens with zero attached hydrogens (tertiary/aromatic N) is 2. The monoisotopic (exact) mass is 551 g/mol. The van der Waals surface area contributed by atoms with Gasteiger partial charge in [-0.1, -0.05) is 36.2 Å². The van der Waals surface area contributed by atoms with Gasteiger partial charge < -0.3 is 21.4 Å². The minimum Gasteiger partial charge on any atom is -0.352 e. The average molecular weight is 552 g/mol. The highest BCUT2D eigenvalue weighted by Gasteiger charge is 2.39. The molecular formula is C25H29ClF3N7O2. The van der Waals surface area contributed by atoms with Gasteiger partial charge in [0.1, 0.15) is 0 Å². The van der Waals surface area contributed by atoms with Gasteiger partial charge in [-0.2, -0.15) is 18.3 Å². The van der Waals surface area contributed by atoms with E-state index in [0.717, 1.165) is 25.5 Å². The Morgan fingerprint density at radius 2 is 1.92 bits per heavy atom. The summed E-state index contributed by atoms with van der Waals surface area (Å²) in [6.45, 7) is 6.58. The number of rotatable bonds is 12. The van der Waals surface area contributed by atoms with Crippen molar-refractivity contribution in [3.63, 3.8) is 0 Å². The van der Waals surface area contributed by atoms with Gasteiger partial charge in [-0.3, -0.25) is 14.7 Å². The molecule has 0 saturated carbocycles. The van der Waals surface area contributed by atoms with Crippen molar-refractivity contribution in [2.24, 2.45) is 5.73 Å². The van der Waals surface area contributed by atoms with Crippen LogP contribution in [0.5, 0.6) is 0 Å². The Morgan fingerprint density at radius 3 is 2.58 bits per heavy atom. The van der Waals surface area contributed by atoms with E-state index >= 15 is 0 Å². The highest BCUT2D eigenvalue weighted by Crippen LogP contribution is 2.37. The molecule has 0 aliphatic rings. The zero-order valence-electron chi connectivity index (χ0n) is 20.8. The van der Waals surface area contributed by atoms with Crippen LogP contribution in [0.1, 0.15) is 64.1 Å². The molecule has 0 radical (unpaired) electrons. The molecule has 0 aliphatic heterocycles. The number of nitrogens with two attached hydrogens (primary N) is 1. The highest BCUT2D eigenvalue weighted by atomic mass is 35.5. The number of aromatic nitrogens is 4. The maximum Gasteiger partial charge on any atom is 0.435 e. The lowest BCUT2D eigenvalue weighted by atomic mass is 10.0. The summed E-state index contributed by atoms with van der Waals surface area (Å²) in [5.74, 6) is -1.11. The Labute approximate surface area is 222 Å². The fourth-order valence-corrected chi connectivity index (χ4v) is 4.02.